The van der Waals surface area contributed by atoms with Crippen molar-refractivity contribution >= 4 is 16.2 Å². The smallest absolute Gasteiger partial charge is 0.407 e. The standard InChI is InChI=1S/C24H49NO13S/c1-24(2,3)38-23(26)25-5-6-29-7-8-30-9-10-31-11-12-32-13-14-33-15-16-34-17-18-35-19-20-36-21-22-37-39(4,27)28/h5-22H2,1-4H3,(H,25,26). The van der Waals surface area contributed by atoms with E-state index in [1.165, 1.54) is 0 Å². The number of amides is 1. The van der Waals surface area contributed by atoms with Gasteiger partial charge in [0.15, 0.2) is 0 Å². The van der Waals surface area contributed by atoms with E-state index in [1.807, 2.05) is 20.8 Å². The zero-order valence-electron chi connectivity index (χ0n) is 23.9. The number of alkyl carbamates (subject to hydrolysis) is 1. The van der Waals surface area contributed by atoms with Crippen LogP contribution in [0.1, 0.15) is 20.8 Å². The Labute approximate surface area is 233 Å². The molecule has 0 atom stereocenters. The molecule has 0 aliphatic heterocycles. The summed E-state index contributed by atoms with van der Waals surface area (Å²) in [5.41, 5.74) is -0.515. The predicted molar refractivity (Wildman–Crippen MR) is 142 cm³/mol. The van der Waals surface area contributed by atoms with E-state index in [2.05, 4.69) is 9.50 Å². The fourth-order valence-electron chi connectivity index (χ4n) is 2.43. The number of carbonyl (C=O) groups is 1. The van der Waals surface area contributed by atoms with Gasteiger partial charge in [-0.05, 0) is 20.8 Å². The Kier molecular flexibility index (Phi) is 25.0. The van der Waals surface area contributed by atoms with Crippen LogP contribution in [-0.2, 0) is 56.9 Å². The molecule has 39 heavy (non-hydrogen) atoms. The summed E-state index contributed by atoms with van der Waals surface area (Å²) in [6.07, 6.45) is 0.533. The first-order valence-electron chi connectivity index (χ1n) is 13.0. The molecule has 0 saturated carbocycles. The van der Waals surface area contributed by atoms with Crippen LogP contribution in [0, 0.1) is 0 Å². The number of hydrogen-bond acceptors (Lipinski definition) is 13. The van der Waals surface area contributed by atoms with Crippen molar-refractivity contribution in [2.24, 2.45) is 0 Å². The molecule has 0 aromatic heterocycles. The van der Waals surface area contributed by atoms with Crippen LogP contribution in [0.3, 0.4) is 0 Å². The van der Waals surface area contributed by atoms with Crippen molar-refractivity contribution in [1.29, 1.82) is 0 Å². The molecule has 0 aromatic carbocycles. The number of ether oxygens (including phenoxy) is 9. The van der Waals surface area contributed by atoms with Crippen molar-refractivity contribution in [3.63, 3.8) is 0 Å². The van der Waals surface area contributed by atoms with Gasteiger partial charge in [-0.2, -0.15) is 8.42 Å². The molecule has 234 valence electrons. The second-order valence-electron chi connectivity index (χ2n) is 8.85. The van der Waals surface area contributed by atoms with Gasteiger partial charge < -0.3 is 47.9 Å². The average Bonchev–Trinajstić information content (AvgIpc) is 2.84. The number of carbonyl (C=O) groups excluding carboxylic acids is 1. The molecule has 0 rings (SSSR count). The summed E-state index contributed by atoms with van der Waals surface area (Å²) in [5, 5.41) is 2.62. The molecule has 0 aliphatic rings. The van der Waals surface area contributed by atoms with Gasteiger partial charge in [0.25, 0.3) is 10.1 Å². The molecular formula is C24H49NO13S. The highest BCUT2D eigenvalue weighted by Crippen LogP contribution is 2.06. The minimum absolute atomic E-state index is 0.00515. The van der Waals surface area contributed by atoms with Crippen molar-refractivity contribution in [2.45, 2.75) is 26.4 Å². The first kappa shape index (κ1) is 37.9. The van der Waals surface area contributed by atoms with Crippen molar-refractivity contribution in [2.75, 3.05) is 125 Å². The Bertz CT molecular complexity index is 659. The quantitative estimate of drug-likeness (QED) is 0.0999. The van der Waals surface area contributed by atoms with Crippen LogP contribution < -0.4 is 5.32 Å². The van der Waals surface area contributed by atoms with Crippen molar-refractivity contribution in [3.8, 4) is 0 Å². The third-order valence-corrected chi connectivity index (χ3v) is 4.64. The van der Waals surface area contributed by atoms with E-state index in [4.69, 9.17) is 42.6 Å². The van der Waals surface area contributed by atoms with Crippen LogP contribution in [0.2, 0.25) is 0 Å². The molecule has 0 radical (unpaired) electrons. The molecule has 0 aromatic rings. The number of rotatable bonds is 28. The molecule has 0 fully saturated rings. The summed E-state index contributed by atoms with van der Waals surface area (Å²) in [6.45, 7) is 12.6. The minimum Gasteiger partial charge on any atom is -0.444 e. The summed E-state index contributed by atoms with van der Waals surface area (Å²) >= 11 is 0. The van der Waals surface area contributed by atoms with E-state index in [0.717, 1.165) is 6.26 Å². The number of hydrogen-bond donors (Lipinski definition) is 1. The number of nitrogens with one attached hydrogen (secondary N) is 1. The predicted octanol–water partition coefficient (Wildman–Crippen LogP) is 0.620. The Hall–Kier alpha value is -1.14. The second kappa shape index (κ2) is 25.8. The van der Waals surface area contributed by atoms with Gasteiger partial charge >= 0.3 is 6.09 Å². The van der Waals surface area contributed by atoms with E-state index < -0.39 is 21.8 Å². The largest absolute Gasteiger partial charge is 0.444 e. The monoisotopic (exact) mass is 591 g/mol. The fraction of sp³-hybridized carbons (Fsp3) is 0.958. The molecule has 0 bridgehead atoms. The zero-order valence-corrected chi connectivity index (χ0v) is 24.8. The molecule has 0 aliphatic carbocycles. The van der Waals surface area contributed by atoms with Gasteiger partial charge in [-0.3, -0.25) is 4.18 Å². The maximum atomic E-state index is 11.5. The molecule has 15 heteroatoms. The van der Waals surface area contributed by atoms with Crippen LogP contribution in [-0.4, -0.2) is 145 Å². The molecule has 0 unspecified atom stereocenters. The zero-order chi connectivity index (χ0) is 29.1. The van der Waals surface area contributed by atoms with Gasteiger partial charge in [0.1, 0.15) is 5.60 Å². The lowest BCUT2D eigenvalue weighted by molar-refractivity contribution is -0.0235. The Balaban J connectivity index is 3.13. The van der Waals surface area contributed by atoms with Gasteiger partial charge in [-0.1, -0.05) is 0 Å². The topological polar surface area (TPSA) is 156 Å². The van der Waals surface area contributed by atoms with Crippen LogP contribution in [0.15, 0.2) is 0 Å². The van der Waals surface area contributed by atoms with Crippen LogP contribution >= 0.6 is 0 Å². The Morgan fingerprint density at radius 1 is 0.538 bits per heavy atom. The van der Waals surface area contributed by atoms with E-state index in [0.29, 0.717) is 106 Å². The minimum atomic E-state index is -3.42. The second-order valence-corrected chi connectivity index (χ2v) is 10.5. The highest BCUT2D eigenvalue weighted by molar-refractivity contribution is 7.85. The van der Waals surface area contributed by atoms with Gasteiger partial charge in [0.05, 0.1) is 119 Å². The van der Waals surface area contributed by atoms with E-state index in [1.54, 1.807) is 0 Å². The summed E-state index contributed by atoms with van der Waals surface area (Å²) < 4.78 is 74.1. The molecule has 0 saturated heterocycles. The maximum absolute atomic E-state index is 11.5. The van der Waals surface area contributed by atoms with Crippen molar-refractivity contribution in [3.05, 3.63) is 0 Å². The first-order chi connectivity index (χ1) is 18.6. The molecule has 0 spiro atoms. The maximum Gasteiger partial charge on any atom is 0.407 e. The Morgan fingerprint density at radius 3 is 1.10 bits per heavy atom. The van der Waals surface area contributed by atoms with Crippen LogP contribution in [0.25, 0.3) is 0 Å². The van der Waals surface area contributed by atoms with E-state index in [-0.39, 0.29) is 13.2 Å². The summed E-state index contributed by atoms with van der Waals surface area (Å²) in [5.74, 6) is 0. The third kappa shape index (κ3) is 34.8. The average molecular weight is 592 g/mol. The highest BCUT2D eigenvalue weighted by Gasteiger charge is 2.15. The summed E-state index contributed by atoms with van der Waals surface area (Å²) in [4.78, 5) is 11.5. The van der Waals surface area contributed by atoms with E-state index in [9.17, 15) is 13.2 Å². The first-order valence-corrected chi connectivity index (χ1v) is 14.8. The summed E-state index contributed by atoms with van der Waals surface area (Å²) in [7, 11) is -3.42. The molecule has 1 N–H and O–H groups in total. The Morgan fingerprint density at radius 2 is 0.821 bits per heavy atom. The fourth-order valence-corrected chi connectivity index (χ4v) is 2.80. The van der Waals surface area contributed by atoms with Gasteiger partial charge in [0, 0.05) is 6.54 Å². The highest BCUT2D eigenvalue weighted by atomic mass is 32.2. The van der Waals surface area contributed by atoms with Crippen LogP contribution in [0.4, 0.5) is 4.79 Å². The summed E-state index contributed by atoms with van der Waals surface area (Å²) in [6, 6.07) is 0. The van der Waals surface area contributed by atoms with Gasteiger partial charge in [0.2, 0.25) is 0 Å². The lowest BCUT2D eigenvalue weighted by atomic mass is 10.2. The third-order valence-electron chi connectivity index (χ3n) is 4.04. The normalized spacial score (nSPS) is 12.1. The molecular weight excluding hydrogens is 542 g/mol. The molecule has 0 heterocycles. The lowest BCUT2D eigenvalue weighted by Gasteiger charge is -2.19. The van der Waals surface area contributed by atoms with Crippen molar-refractivity contribution < 1.29 is 60.0 Å². The van der Waals surface area contributed by atoms with Crippen LogP contribution in [0.5, 0.6) is 0 Å². The molecule has 14 nitrogen and oxygen atoms in total. The van der Waals surface area contributed by atoms with E-state index >= 15 is 0 Å². The van der Waals surface area contributed by atoms with Crippen molar-refractivity contribution in [1.82, 2.24) is 5.32 Å². The van der Waals surface area contributed by atoms with Gasteiger partial charge in [-0.25, -0.2) is 4.79 Å². The SMILES string of the molecule is CC(C)(C)OC(=O)NCCOCCOCCOCCOCCOCCOCCOCCOCCOS(C)(=O)=O. The lowest BCUT2D eigenvalue weighted by Crippen LogP contribution is -2.34. The molecule has 1 amide bonds. The van der Waals surface area contributed by atoms with Gasteiger partial charge in [-0.15, -0.1) is 0 Å².